The van der Waals surface area contributed by atoms with Gasteiger partial charge in [0.05, 0.1) is 23.5 Å². The van der Waals surface area contributed by atoms with Crippen molar-refractivity contribution in [2.24, 2.45) is 0 Å². The third-order valence-corrected chi connectivity index (χ3v) is 6.30. The van der Waals surface area contributed by atoms with E-state index in [0.29, 0.717) is 17.8 Å². The quantitative estimate of drug-likeness (QED) is 0.608. The zero-order chi connectivity index (χ0) is 21.8. The molecule has 1 aliphatic rings. The summed E-state index contributed by atoms with van der Waals surface area (Å²) in [7, 11) is -3.25. The highest BCUT2D eigenvalue weighted by Gasteiger charge is 2.19. The van der Waals surface area contributed by atoms with Crippen LogP contribution in [0.5, 0.6) is 0 Å². The number of benzene rings is 2. The summed E-state index contributed by atoms with van der Waals surface area (Å²) < 4.78 is 28.3. The Balaban J connectivity index is 1.38. The molecule has 31 heavy (non-hydrogen) atoms. The number of nitrogens with one attached hydrogen (secondary N) is 2. The minimum atomic E-state index is -3.25. The molecule has 0 aliphatic carbocycles. The van der Waals surface area contributed by atoms with Crippen molar-refractivity contribution in [1.29, 1.82) is 0 Å². The van der Waals surface area contributed by atoms with Crippen LogP contribution in [-0.2, 0) is 34.1 Å². The maximum atomic E-state index is 12.3. The van der Waals surface area contributed by atoms with Crippen molar-refractivity contribution in [3.8, 4) is 0 Å². The molecule has 8 nitrogen and oxygen atoms in total. The number of sulfone groups is 1. The molecule has 3 aromatic rings. The molecule has 0 atom stereocenters. The second-order valence-corrected chi connectivity index (χ2v) is 9.56. The maximum Gasteiger partial charge on any atom is 0.411 e. The van der Waals surface area contributed by atoms with Crippen LogP contribution in [0.4, 0.5) is 16.2 Å². The van der Waals surface area contributed by atoms with Gasteiger partial charge in [-0.05, 0) is 48.2 Å². The Labute approximate surface area is 181 Å². The third kappa shape index (κ3) is 5.24. The van der Waals surface area contributed by atoms with Gasteiger partial charge in [0.1, 0.15) is 6.61 Å². The molecule has 2 N–H and O–H groups in total. The number of rotatable bonds is 6. The second kappa shape index (κ2) is 8.81. The average Bonchev–Trinajstić information content (AvgIpc) is 3.25. The first-order valence-electron chi connectivity index (χ1n) is 9.97. The summed E-state index contributed by atoms with van der Waals surface area (Å²) in [5.74, 6) is 0. The van der Waals surface area contributed by atoms with Crippen LogP contribution in [-0.4, -0.2) is 37.3 Å². The van der Waals surface area contributed by atoms with Gasteiger partial charge in [-0.3, -0.25) is 5.32 Å². The number of H-pyrrole nitrogens is 1. The highest BCUT2D eigenvalue weighted by atomic mass is 32.2. The van der Waals surface area contributed by atoms with Gasteiger partial charge in [-0.15, -0.1) is 0 Å². The van der Waals surface area contributed by atoms with Gasteiger partial charge in [0.15, 0.2) is 9.84 Å². The van der Waals surface area contributed by atoms with Gasteiger partial charge in [-0.1, -0.05) is 18.2 Å². The summed E-state index contributed by atoms with van der Waals surface area (Å²) >= 11 is 0. The van der Waals surface area contributed by atoms with Crippen molar-refractivity contribution in [2.45, 2.75) is 30.9 Å². The summed E-state index contributed by atoms with van der Waals surface area (Å²) in [6, 6.07) is 12.1. The van der Waals surface area contributed by atoms with Crippen molar-refractivity contribution >= 4 is 27.3 Å². The highest BCUT2D eigenvalue weighted by Crippen LogP contribution is 2.31. The molecular formula is C22H24N4O4S. The molecule has 0 fully saturated rings. The van der Waals surface area contributed by atoms with E-state index in [2.05, 4.69) is 20.2 Å². The zero-order valence-electron chi connectivity index (χ0n) is 17.2. The SMILES string of the molecule is CS(=O)(=O)c1ccc(COC(=O)Nc2ccc3c(c2)N(Cc2c[nH]cn2)CCC3)cc1. The predicted molar refractivity (Wildman–Crippen MR) is 118 cm³/mol. The number of hydrogen-bond donors (Lipinski definition) is 2. The molecule has 0 bridgehead atoms. The van der Waals surface area contributed by atoms with Crippen molar-refractivity contribution < 1.29 is 17.9 Å². The Morgan fingerprint density at radius 1 is 1.23 bits per heavy atom. The van der Waals surface area contributed by atoms with E-state index in [0.717, 1.165) is 37.0 Å². The first-order chi connectivity index (χ1) is 14.9. The molecule has 2 heterocycles. The van der Waals surface area contributed by atoms with Crippen LogP contribution in [0.2, 0.25) is 0 Å². The molecule has 1 aliphatic heterocycles. The first-order valence-corrected chi connectivity index (χ1v) is 11.9. The zero-order valence-corrected chi connectivity index (χ0v) is 18.0. The molecule has 0 spiro atoms. The van der Waals surface area contributed by atoms with Crippen LogP contribution in [0.15, 0.2) is 59.9 Å². The van der Waals surface area contributed by atoms with Crippen molar-refractivity contribution in [2.75, 3.05) is 23.0 Å². The summed E-state index contributed by atoms with van der Waals surface area (Å²) in [6.07, 6.45) is 6.21. The molecule has 1 amide bonds. The second-order valence-electron chi connectivity index (χ2n) is 7.55. The number of carbonyl (C=O) groups excluding carboxylic acids is 1. The molecule has 0 saturated carbocycles. The largest absolute Gasteiger partial charge is 0.444 e. The molecular weight excluding hydrogens is 416 g/mol. The smallest absolute Gasteiger partial charge is 0.411 e. The van der Waals surface area contributed by atoms with E-state index in [9.17, 15) is 13.2 Å². The lowest BCUT2D eigenvalue weighted by Crippen LogP contribution is -2.29. The predicted octanol–water partition coefficient (Wildman–Crippen LogP) is 3.51. The van der Waals surface area contributed by atoms with E-state index in [-0.39, 0.29) is 11.5 Å². The number of carbonyl (C=O) groups is 1. The van der Waals surface area contributed by atoms with E-state index < -0.39 is 15.9 Å². The standard InChI is InChI=1S/C22H24N4O4S/c1-31(28,29)20-8-4-16(5-9-20)14-30-22(27)25-18-7-6-17-3-2-10-26(21(17)11-18)13-19-12-23-15-24-19/h4-9,11-12,15H,2-3,10,13-14H2,1H3,(H,23,24)(H,25,27). The fourth-order valence-corrected chi connectivity index (χ4v) is 4.23. The molecule has 2 aromatic carbocycles. The average molecular weight is 441 g/mol. The molecule has 4 rings (SSSR count). The van der Waals surface area contributed by atoms with Crippen molar-refractivity contribution in [3.63, 3.8) is 0 Å². The molecule has 1 aromatic heterocycles. The Kier molecular flexibility index (Phi) is 5.94. The van der Waals surface area contributed by atoms with Crippen molar-refractivity contribution in [3.05, 3.63) is 71.8 Å². The number of imidazole rings is 1. The van der Waals surface area contributed by atoms with Gasteiger partial charge in [-0.25, -0.2) is 18.2 Å². The molecule has 0 unspecified atom stereocenters. The summed E-state index contributed by atoms with van der Waals surface area (Å²) in [5, 5.41) is 2.77. The molecule has 0 saturated heterocycles. The van der Waals surface area contributed by atoms with E-state index >= 15 is 0 Å². The topological polar surface area (TPSA) is 104 Å². The first kappa shape index (κ1) is 20.9. The van der Waals surface area contributed by atoms with Crippen LogP contribution in [0.25, 0.3) is 0 Å². The Morgan fingerprint density at radius 3 is 2.74 bits per heavy atom. The number of aromatic amines is 1. The Morgan fingerprint density at radius 2 is 2.03 bits per heavy atom. The number of fused-ring (bicyclic) bond motifs is 1. The van der Waals surface area contributed by atoms with E-state index in [1.165, 1.54) is 17.7 Å². The van der Waals surface area contributed by atoms with Crippen LogP contribution >= 0.6 is 0 Å². The van der Waals surface area contributed by atoms with Gasteiger partial charge in [-0.2, -0.15) is 0 Å². The van der Waals surface area contributed by atoms with Gasteiger partial charge in [0.25, 0.3) is 0 Å². The maximum absolute atomic E-state index is 12.3. The summed E-state index contributed by atoms with van der Waals surface area (Å²) in [6.45, 7) is 1.68. The Bertz CT molecular complexity index is 1160. The Hall–Kier alpha value is -3.33. The number of aromatic nitrogens is 2. The number of ether oxygens (including phenoxy) is 1. The molecule has 9 heteroatoms. The lowest BCUT2D eigenvalue weighted by atomic mass is 10.0. The fourth-order valence-electron chi connectivity index (χ4n) is 3.60. The van der Waals surface area contributed by atoms with E-state index in [1.807, 2.05) is 24.4 Å². The van der Waals surface area contributed by atoms with Crippen LogP contribution in [0.1, 0.15) is 23.2 Å². The van der Waals surface area contributed by atoms with Gasteiger partial charge in [0, 0.05) is 30.4 Å². The van der Waals surface area contributed by atoms with E-state index in [1.54, 1.807) is 18.5 Å². The van der Waals surface area contributed by atoms with Crippen LogP contribution in [0, 0.1) is 0 Å². The normalized spacial score (nSPS) is 13.5. The van der Waals surface area contributed by atoms with E-state index in [4.69, 9.17) is 4.74 Å². The lowest BCUT2D eigenvalue weighted by Gasteiger charge is -2.31. The molecule has 162 valence electrons. The molecule has 0 radical (unpaired) electrons. The number of amides is 1. The fraction of sp³-hybridized carbons (Fsp3) is 0.273. The minimum Gasteiger partial charge on any atom is -0.444 e. The third-order valence-electron chi connectivity index (χ3n) is 5.18. The van der Waals surface area contributed by atoms with Crippen LogP contribution < -0.4 is 10.2 Å². The number of nitrogens with zero attached hydrogens (tertiary/aromatic N) is 2. The summed E-state index contributed by atoms with van der Waals surface area (Å²) in [4.78, 5) is 22.0. The number of anilines is 2. The van der Waals surface area contributed by atoms with Gasteiger partial charge in [0.2, 0.25) is 0 Å². The minimum absolute atomic E-state index is 0.0477. The number of aryl methyl sites for hydroxylation is 1. The monoisotopic (exact) mass is 440 g/mol. The number of hydrogen-bond acceptors (Lipinski definition) is 6. The lowest BCUT2D eigenvalue weighted by molar-refractivity contribution is 0.155. The van der Waals surface area contributed by atoms with Crippen LogP contribution in [0.3, 0.4) is 0 Å². The highest BCUT2D eigenvalue weighted by molar-refractivity contribution is 7.90. The van der Waals surface area contributed by atoms with Gasteiger partial charge >= 0.3 is 6.09 Å². The summed E-state index contributed by atoms with van der Waals surface area (Å²) in [5.41, 5.74) is 4.66. The van der Waals surface area contributed by atoms with Gasteiger partial charge < -0.3 is 14.6 Å². The van der Waals surface area contributed by atoms with Crippen molar-refractivity contribution in [1.82, 2.24) is 9.97 Å².